The van der Waals surface area contributed by atoms with E-state index in [4.69, 9.17) is 23.2 Å². The van der Waals surface area contributed by atoms with Gasteiger partial charge in [0.05, 0.1) is 0 Å². The van der Waals surface area contributed by atoms with Gasteiger partial charge in [-0.15, -0.1) is 0 Å². The van der Waals surface area contributed by atoms with Crippen LogP contribution in [-0.2, 0) is 11.3 Å². The Labute approximate surface area is 123 Å². The maximum atomic E-state index is 11.0. The Kier molecular flexibility index (Phi) is 5.02. The predicted molar refractivity (Wildman–Crippen MR) is 76.4 cm³/mol. The number of piperidine rings is 1. The molecule has 1 aromatic rings. The quantitative estimate of drug-likeness (QED) is 0.873. The SMILES string of the molecule is CC(=O)NC1CCN(Cc2cnc(Cl)cc2Cl)CC1. The second-order valence-corrected chi connectivity index (χ2v) is 5.64. The fraction of sp³-hybridized carbons (Fsp3) is 0.538. The van der Waals surface area contributed by atoms with Crippen molar-refractivity contribution in [2.75, 3.05) is 13.1 Å². The first-order valence-corrected chi connectivity index (χ1v) is 7.09. The number of pyridine rings is 1. The minimum atomic E-state index is 0.0448. The standard InChI is InChI=1S/C13H17Cl2N3O/c1-9(19)17-11-2-4-18(5-3-11)8-10-7-16-13(15)6-12(10)14/h6-7,11H,2-5,8H2,1H3,(H,17,19). The summed E-state index contributed by atoms with van der Waals surface area (Å²) in [5.41, 5.74) is 0.990. The molecule has 0 spiro atoms. The van der Waals surface area contributed by atoms with Crippen molar-refractivity contribution in [2.45, 2.75) is 32.4 Å². The van der Waals surface area contributed by atoms with Gasteiger partial charge in [-0.25, -0.2) is 4.98 Å². The van der Waals surface area contributed by atoms with E-state index in [0.29, 0.717) is 16.2 Å². The van der Waals surface area contributed by atoms with Gasteiger partial charge >= 0.3 is 0 Å². The number of rotatable bonds is 3. The predicted octanol–water partition coefficient (Wildman–Crippen LogP) is 2.49. The molecule has 1 aliphatic heterocycles. The van der Waals surface area contributed by atoms with E-state index in [1.807, 2.05) is 0 Å². The van der Waals surface area contributed by atoms with Crippen LogP contribution in [0.25, 0.3) is 0 Å². The number of amides is 1. The molecule has 2 heterocycles. The summed E-state index contributed by atoms with van der Waals surface area (Å²) in [6.45, 7) is 4.23. The van der Waals surface area contributed by atoms with Gasteiger partial charge < -0.3 is 5.32 Å². The van der Waals surface area contributed by atoms with Crippen LogP contribution >= 0.6 is 23.2 Å². The first kappa shape index (κ1) is 14.6. The molecule has 0 bridgehead atoms. The van der Waals surface area contributed by atoms with E-state index < -0.39 is 0 Å². The molecule has 0 atom stereocenters. The van der Waals surface area contributed by atoms with Crippen molar-refractivity contribution in [3.05, 3.63) is 28.0 Å². The molecule has 4 nitrogen and oxygen atoms in total. The zero-order chi connectivity index (χ0) is 13.8. The maximum Gasteiger partial charge on any atom is 0.217 e. The van der Waals surface area contributed by atoms with Crippen LogP contribution in [0.5, 0.6) is 0 Å². The molecule has 19 heavy (non-hydrogen) atoms. The van der Waals surface area contributed by atoms with Crippen LogP contribution in [0.4, 0.5) is 0 Å². The van der Waals surface area contributed by atoms with Gasteiger partial charge in [0.2, 0.25) is 5.91 Å². The zero-order valence-corrected chi connectivity index (χ0v) is 12.3. The molecule has 0 unspecified atom stereocenters. The average molecular weight is 302 g/mol. The summed E-state index contributed by atoms with van der Waals surface area (Å²) in [6.07, 6.45) is 3.67. The fourth-order valence-electron chi connectivity index (χ4n) is 2.32. The summed E-state index contributed by atoms with van der Waals surface area (Å²) >= 11 is 11.9. The lowest BCUT2D eigenvalue weighted by atomic mass is 10.0. The van der Waals surface area contributed by atoms with Crippen molar-refractivity contribution >= 4 is 29.1 Å². The van der Waals surface area contributed by atoms with Gasteiger partial charge in [0.15, 0.2) is 0 Å². The number of carbonyl (C=O) groups is 1. The Morgan fingerprint density at radius 2 is 2.16 bits per heavy atom. The van der Waals surface area contributed by atoms with Crippen molar-refractivity contribution in [1.29, 1.82) is 0 Å². The van der Waals surface area contributed by atoms with Crippen LogP contribution in [0.2, 0.25) is 10.2 Å². The largest absolute Gasteiger partial charge is 0.354 e. The van der Waals surface area contributed by atoms with Gasteiger partial charge in [-0.2, -0.15) is 0 Å². The summed E-state index contributed by atoms with van der Waals surface area (Å²) in [4.78, 5) is 17.4. The molecule has 1 fully saturated rings. The number of nitrogens with zero attached hydrogens (tertiary/aromatic N) is 2. The maximum absolute atomic E-state index is 11.0. The first-order chi connectivity index (χ1) is 9.04. The highest BCUT2D eigenvalue weighted by Gasteiger charge is 2.20. The lowest BCUT2D eigenvalue weighted by Gasteiger charge is -2.32. The summed E-state index contributed by atoms with van der Waals surface area (Å²) in [7, 11) is 0. The highest BCUT2D eigenvalue weighted by Crippen LogP contribution is 2.21. The van der Waals surface area contributed by atoms with Crippen molar-refractivity contribution in [2.24, 2.45) is 0 Å². The van der Waals surface area contributed by atoms with Crippen molar-refractivity contribution < 1.29 is 4.79 Å². The molecule has 1 N–H and O–H groups in total. The van der Waals surface area contributed by atoms with Crippen molar-refractivity contribution in [3.8, 4) is 0 Å². The lowest BCUT2D eigenvalue weighted by Crippen LogP contribution is -2.43. The van der Waals surface area contributed by atoms with E-state index in [1.165, 1.54) is 0 Å². The number of halogens is 2. The van der Waals surface area contributed by atoms with Gasteiger partial charge in [-0.3, -0.25) is 9.69 Å². The fourth-order valence-corrected chi connectivity index (χ4v) is 2.74. The van der Waals surface area contributed by atoms with Crippen LogP contribution in [0.15, 0.2) is 12.3 Å². The van der Waals surface area contributed by atoms with Crippen molar-refractivity contribution in [3.63, 3.8) is 0 Å². The molecule has 104 valence electrons. The Bertz CT molecular complexity index is 459. The van der Waals surface area contributed by atoms with E-state index in [1.54, 1.807) is 19.2 Å². The third-order valence-corrected chi connectivity index (χ3v) is 3.84. The van der Waals surface area contributed by atoms with Gasteiger partial charge in [0, 0.05) is 49.4 Å². The Morgan fingerprint density at radius 3 is 2.74 bits per heavy atom. The second kappa shape index (κ2) is 6.55. The summed E-state index contributed by atoms with van der Waals surface area (Å²) in [5.74, 6) is 0.0448. The number of carbonyl (C=O) groups excluding carboxylic acids is 1. The van der Waals surface area contributed by atoms with Crippen molar-refractivity contribution in [1.82, 2.24) is 15.2 Å². The van der Waals surface area contributed by atoms with Gasteiger partial charge in [-0.05, 0) is 18.9 Å². The molecule has 0 radical (unpaired) electrons. The van der Waals surface area contributed by atoms with E-state index >= 15 is 0 Å². The number of aromatic nitrogens is 1. The van der Waals surface area contributed by atoms with E-state index in [2.05, 4.69) is 15.2 Å². The smallest absolute Gasteiger partial charge is 0.217 e. The Hall–Kier alpha value is -0.840. The molecule has 2 rings (SSSR count). The second-order valence-electron chi connectivity index (χ2n) is 4.85. The molecule has 6 heteroatoms. The average Bonchev–Trinajstić information content (AvgIpc) is 2.34. The summed E-state index contributed by atoms with van der Waals surface area (Å²) in [5, 5.41) is 4.03. The Balaban J connectivity index is 1.87. The number of likely N-dealkylation sites (tertiary alicyclic amines) is 1. The molecule has 0 aliphatic carbocycles. The normalized spacial score (nSPS) is 17.4. The lowest BCUT2D eigenvalue weighted by molar-refractivity contribution is -0.119. The topological polar surface area (TPSA) is 45.2 Å². The molecule has 1 amide bonds. The third-order valence-electron chi connectivity index (χ3n) is 3.29. The molecule has 1 saturated heterocycles. The minimum Gasteiger partial charge on any atom is -0.354 e. The number of hydrogen-bond donors (Lipinski definition) is 1. The van der Waals surface area contributed by atoms with Gasteiger partial charge in [0.1, 0.15) is 5.15 Å². The number of nitrogens with one attached hydrogen (secondary N) is 1. The van der Waals surface area contributed by atoms with Gasteiger partial charge in [-0.1, -0.05) is 23.2 Å². The van der Waals surface area contributed by atoms with Crippen LogP contribution in [0.1, 0.15) is 25.3 Å². The zero-order valence-electron chi connectivity index (χ0n) is 10.8. The minimum absolute atomic E-state index is 0.0448. The highest BCUT2D eigenvalue weighted by molar-refractivity contribution is 6.34. The molecule has 0 aromatic carbocycles. The molecule has 1 aromatic heterocycles. The first-order valence-electron chi connectivity index (χ1n) is 6.34. The van der Waals surface area contributed by atoms with Crippen LogP contribution in [-0.4, -0.2) is 34.9 Å². The van der Waals surface area contributed by atoms with Gasteiger partial charge in [0.25, 0.3) is 0 Å². The van der Waals surface area contributed by atoms with Crippen LogP contribution < -0.4 is 5.32 Å². The molecular weight excluding hydrogens is 285 g/mol. The monoisotopic (exact) mass is 301 g/mol. The summed E-state index contributed by atoms with van der Waals surface area (Å²) in [6, 6.07) is 1.97. The van der Waals surface area contributed by atoms with E-state index in [-0.39, 0.29) is 5.91 Å². The molecular formula is C13H17Cl2N3O. The Morgan fingerprint density at radius 1 is 1.47 bits per heavy atom. The van der Waals surface area contributed by atoms with E-state index in [0.717, 1.165) is 38.0 Å². The third kappa shape index (κ3) is 4.34. The molecule has 0 saturated carbocycles. The summed E-state index contributed by atoms with van der Waals surface area (Å²) < 4.78 is 0. The molecule has 1 aliphatic rings. The highest BCUT2D eigenvalue weighted by atomic mass is 35.5. The number of hydrogen-bond acceptors (Lipinski definition) is 3. The van der Waals surface area contributed by atoms with E-state index in [9.17, 15) is 4.79 Å². The van der Waals surface area contributed by atoms with Crippen LogP contribution in [0, 0.1) is 0 Å². The van der Waals surface area contributed by atoms with Crippen LogP contribution in [0.3, 0.4) is 0 Å².